The Morgan fingerprint density at radius 2 is 1.26 bits per heavy atom. The van der Waals surface area contributed by atoms with Gasteiger partial charge in [-0.1, -0.05) is 66.7 Å². The summed E-state index contributed by atoms with van der Waals surface area (Å²) in [5.74, 6) is 1.63. The van der Waals surface area contributed by atoms with Crippen molar-refractivity contribution in [3.05, 3.63) is 114 Å². The fourth-order valence-corrected chi connectivity index (χ4v) is 3.00. The number of anilines is 3. The van der Waals surface area contributed by atoms with Crippen molar-refractivity contribution in [1.82, 2.24) is 9.97 Å². The van der Waals surface area contributed by atoms with E-state index in [-0.39, 0.29) is 5.91 Å². The Balaban J connectivity index is 1.32. The molecule has 4 rings (SSSR count). The highest BCUT2D eigenvalue weighted by Crippen LogP contribution is 2.13. The van der Waals surface area contributed by atoms with E-state index in [1.54, 1.807) is 24.4 Å². The Kier molecular flexibility index (Phi) is 6.50. The summed E-state index contributed by atoms with van der Waals surface area (Å²) >= 11 is 0. The van der Waals surface area contributed by atoms with Gasteiger partial charge in [-0.05, 0) is 35.4 Å². The number of pyridine rings is 2. The van der Waals surface area contributed by atoms with E-state index in [1.165, 1.54) is 0 Å². The van der Waals surface area contributed by atoms with E-state index in [1.807, 2.05) is 72.8 Å². The van der Waals surface area contributed by atoms with Crippen LogP contribution < -0.4 is 16.0 Å². The smallest absolute Gasteiger partial charge is 0.258 e. The summed E-state index contributed by atoms with van der Waals surface area (Å²) in [7, 11) is 0. The van der Waals surface area contributed by atoms with Gasteiger partial charge in [-0.2, -0.15) is 0 Å². The van der Waals surface area contributed by atoms with Crippen LogP contribution in [0.5, 0.6) is 0 Å². The minimum Gasteiger partial charge on any atom is -0.366 e. The zero-order valence-corrected chi connectivity index (χ0v) is 17.0. The number of hydrogen-bond donors (Lipinski definition) is 3. The van der Waals surface area contributed by atoms with Crippen LogP contribution in [0.4, 0.5) is 17.5 Å². The molecule has 2 heterocycles. The summed E-state index contributed by atoms with van der Waals surface area (Å²) in [6.07, 6.45) is 1.56. The first-order chi connectivity index (χ1) is 15.3. The van der Waals surface area contributed by atoms with Crippen LogP contribution in [0, 0.1) is 0 Å². The first-order valence-electron chi connectivity index (χ1n) is 10.1. The van der Waals surface area contributed by atoms with E-state index in [2.05, 4.69) is 25.9 Å². The first-order valence-corrected chi connectivity index (χ1v) is 10.1. The molecule has 154 valence electrons. The summed E-state index contributed by atoms with van der Waals surface area (Å²) in [6, 6.07) is 29.2. The van der Waals surface area contributed by atoms with Gasteiger partial charge in [0, 0.05) is 19.3 Å². The van der Waals surface area contributed by atoms with Crippen LogP contribution in [0.2, 0.25) is 0 Å². The maximum absolute atomic E-state index is 12.6. The Morgan fingerprint density at radius 1 is 0.645 bits per heavy atom. The molecular weight excluding hydrogens is 386 g/mol. The van der Waals surface area contributed by atoms with Crippen molar-refractivity contribution < 1.29 is 4.79 Å². The molecule has 0 atom stereocenters. The molecule has 31 heavy (non-hydrogen) atoms. The van der Waals surface area contributed by atoms with Crippen LogP contribution in [-0.2, 0) is 13.1 Å². The molecule has 0 fully saturated rings. The summed E-state index contributed by atoms with van der Waals surface area (Å²) in [5, 5.41) is 9.34. The number of hydrogen-bond acceptors (Lipinski definition) is 5. The van der Waals surface area contributed by atoms with E-state index in [0.29, 0.717) is 36.1 Å². The molecule has 0 saturated heterocycles. The molecule has 0 aliphatic heterocycles. The second-order valence-corrected chi connectivity index (χ2v) is 6.97. The van der Waals surface area contributed by atoms with Crippen molar-refractivity contribution in [1.29, 1.82) is 0 Å². The lowest BCUT2D eigenvalue weighted by Crippen LogP contribution is -2.14. The molecule has 0 aliphatic rings. The largest absolute Gasteiger partial charge is 0.366 e. The summed E-state index contributed by atoms with van der Waals surface area (Å²) in [5.41, 5.74) is 2.79. The molecule has 0 bridgehead atoms. The van der Waals surface area contributed by atoms with E-state index in [0.717, 1.165) is 11.1 Å². The standard InChI is InChI=1S/C25H23N5O/c31-25(21-14-15-22(28-18-21)26-16-19-8-3-1-4-9-19)30-24-13-7-12-23(29-24)27-17-20-10-5-2-6-11-20/h1-15,18H,16-17H2,(H,26,28)(H2,27,29,30,31). The van der Waals surface area contributed by atoms with E-state index in [9.17, 15) is 4.79 Å². The average molecular weight is 409 g/mol. The van der Waals surface area contributed by atoms with Gasteiger partial charge >= 0.3 is 0 Å². The predicted molar refractivity (Wildman–Crippen MR) is 124 cm³/mol. The van der Waals surface area contributed by atoms with E-state index >= 15 is 0 Å². The zero-order valence-electron chi connectivity index (χ0n) is 17.0. The van der Waals surface area contributed by atoms with E-state index < -0.39 is 0 Å². The third-order valence-electron chi connectivity index (χ3n) is 4.65. The number of nitrogens with zero attached hydrogens (tertiary/aromatic N) is 2. The maximum atomic E-state index is 12.6. The van der Waals surface area contributed by atoms with Gasteiger partial charge in [0.1, 0.15) is 17.5 Å². The Labute approximate surface area is 181 Å². The third kappa shape index (κ3) is 5.90. The molecule has 0 saturated carbocycles. The SMILES string of the molecule is O=C(Nc1cccc(NCc2ccccc2)n1)c1ccc(NCc2ccccc2)nc1. The lowest BCUT2D eigenvalue weighted by atomic mass is 10.2. The highest BCUT2D eigenvalue weighted by Gasteiger charge is 2.08. The Bertz CT molecular complexity index is 1120. The third-order valence-corrected chi connectivity index (χ3v) is 4.65. The number of amides is 1. The van der Waals surface area contributed by atoms with Gasteiger partial charge in [0.05, 0.1) is 5.56 Å². The Hall–Kier alpha value is -4.19. The van der Waals surface area contributed by atoms with Gasteiger partial charge in [0.25, 0.3) is 5.91 Å². The van der Waals surface area contributed by atoms with Gasteiger partial charge in [-0.25, -0.2) is 9.97 Å². The molecule has 0 aliphatic carbocycles. The first kappa shape index (κ1) is 20.1. The minimum atomic E-state index is -0.255. The van der Waals surface area contributed by atoms with Gasteiger partial charge < -0.3 is 16.0 Å². The van der Waals surface area contributed by atoms with Crippen molar-refractivity contribution >= 4 is 23.4 Å². The Morgan fingerprint density at radius 3 is 1.87 bits per heavy atom. The number of rotatable bonds is 8. The molecule has 6 heteroatoms. The summed E-state index contributed by atoms with van der Waals surface area (Å²) < 4.78 is 0. The van der Waals surface area contributed by atoms with Crippen molar-refractivity contribution in [2.75, 3.05) is 16.0 Å². The van der Waals surface area contributed by atoms with E-state index in [4.69, 9.17) is 0 Å². The van der Waals surface area contributed by atoms with Crippen LogP contribution in [0.25, 0.3) is 0 Å². The fourth-order valence-electron chi connectivity index (χ4n) is 3.00. The van der Waals surface area contributed by atoms with Crippen molar-refractivity contribution in [3.8, 4) is 0 Å². The van der Waals surface area contributed by atoms with Gasteiger partial charge in [0.2, 0.25) is 0 Å². The molecule has 4 aromatic rings. The predicted octanol–water partition coefficient (Wildman–Crippen LogP) is 4.95. The number of carbonyl (C=O) groups is 1. The van der Waals surface area contributed by atoms with Crippen LogP contribution in [0.15, 0.2) is 97.2 Å². The van der Waals surface area contributed by atoms with Gasteiger partial charge in [-0.3, -0.25) is 4.79 Å². The topological polar surface area (TPSA) is 78.9 Å². The molecule has 6 nitrogen and oxygen atoms in total. The number of benzene rings is 2. The van der Waals surface area contributed by atoms with Crippen LogP contribution in [0.3, 0.4) is 0 Å². The van der Waals surface area contributed by atoms with Crippen LogP contribution in [0.1, 0.15) is 21.5 Å². The average Bonchev–Trinajstić information content (AvgIpc) is 2.83. The lowest BCUT2D eigenvalue weighted by Gasteiger charge is -2.09. The lowest BCUT2D eigenvalue weighted by molar-refractivity contribution is 0.102. The summed E-state index contributed by atoms with van der Waals surface area (Å²) in [6.45, 7) is 1.33. The molecular formula is C25H23N5O. The minimum absolute atomic E-state index is 0.255. The maximum Gasteiger partial charge on any atom is 0.258 e. The van der Waals surface area contributed by atoms with Crippen molar-refractivity contribution in [2.45, 2.75) is 13.1 Å². The highest BCUT2D eigenvalue weighted by atomic mass is 16.1. The van der Waals surface area contributed by atoms with Gasteiger partial charge in [-0.15, -0.1) is 0 Å². The normalized spacial score (nSPS) is 10.3. The molecule has 0 unspecified atom stereocenters. The second kappa shape index (κ2) is 10.0. The van der Waals surface area contributed by atoms with Crippen LogP contribution >= 0.6 is 0 Å². The molecule has 1 amide bonds. The molecule has 0 spiro atoms. The molecule has 2 aromatic carbocycles. The van der Waals surface area contributed by atoms with Crippen molar-refractivity contribution in [3.63, 3.8) is 0 Å². The number of nitrogens with one attached hydrogen (secondary N) is 3. The molecule has 0 radical (unpaired) electrons. The second-order valence-electron chi connectivity index (χ2n) is 6.97. The molecule has 3 N–H and O–H groups in total. The zero-order chi connectivity index (χ0) is 21.3. The highest BCUT2D eigenvalue weighted by molar-refractivity contribution is 6.03. The number of carbonyl (C=O) groups excluding carboxylic acids is 1. The summed E-state index contributed by atoms with van der Waals surface area (Å²) in [4.78, 5) is 21.4. The quantitative estimate of drug-likeness (QED) is 0.384. The monoisotopic (exact) mass is 409 g/mol. The van der Waals surface area contributed by atoms with Crippen molar-refractivity contribution in [2.24, 2.45) is 0 Å². The fraction of sp³-hybridized carbons (Fsp3) is 0.0800. The number of aromatic nitrogens is 2. The van der Waals surface area contributed by atoms with Gasteiger partial charge in [0.15, 0.2) is 0 Å². The molecule has 2 aromatic heterocycles. The van der Waals surface area contributed by atoms with Crippen LogP contribution in [-0.4, -0.2) is 15.9 Å².